The van der Waals surface area contributed by atoms with Crippen molar-refractivity contribution >= 4 is 21.6 Å². The number of halogens is 1. The van der Waals surface area contributed by atoms with Crippen LogP contribution in [0.4, 0.5) is 5.69 Å². The fourth-order valence-corrected chi connectivity index (χ4v) is 3.24. The molecule has 1 aliphatic rings. The van der Waals surface area contributed by atoms with Gasteiger partial charge >= 0.3 is 0 Å². The summed E-state index contributed by atoms with van der Waals surface area (Å²) in [5.41, 5.74) is 2.32. The number of aliphatic hydroxyl groups is 1. The maximum absolute atomic E-state index is 10.0. The van der Waals surface area contributed by atoms with Crippen LogP contribution in [0.25, 0.3) is 0 Å². The van der Waals surface area contributed by atoms with Crippen molar-refractivity contribution in [3.05, 3.63) is 28.2 Å². The minimum Gasteiger partial charge on any atom is -0.391 e. The van der Waals surface area contributed by atoms with Gasteiger partial charge in [0.25, 0.3) is 0 Å². The smallest absolute Gasteiger partial charge is 0.0715 e. The number of hydrogen-bond acceptors (Lipinski definition) is 2. The second-order valence-electron chi connectivity index (χ2n) is 5.38. The number of aliphatic hydroxyl groups excluding tert-OH is 1. The van der Waals surface area contributed by atoms with Gasteiger partial charge < -0.3 is 10.4 Å². The highest BCUT2D eigenvalue weighted by atomic mass is 79.9. The van der Waals surface area contributed by atoms with Gasteiger partial charge in [0, 0.05) is 16.7 Å². The standard InChI is InChI=1S/C15H22BrNO/c1-11-8-13(16)6-7-15(11)17-10-14(18)9-12-4-2-3-5-12/h6-8,12,14,17-18H,2-5,9-10H2,1H3. The SMILES string of the molecule is Cc1cc(Br)ccc1NCC(O)CC1CCCC1. The lowest BCUT2D eigenvalue weighted by Crippen LogP contribution is -2.22. The zero-order valence-electron chi connectivity index (χ0n) is 11.0. The molecule has 1 fully saturated rings. The highest BCUT2D eigenvalue weighted by Gasteiger charge is 2.18. The summed E-state index contributed by atoms with van der Waals surface area (Å²) in [5, 5.41) is 13.4. The summed E-state index contributed by atoms with van der Waals surface area (Å²) < 4.78 is 1.09. The van der Waals surface area contributed by atoms with Crippen molar-refractivity contribution in [1.82, 2.24) is 0 Å². The third-order valence-corrected chi connectivity index (χ3v) is 4.29. The van der Waals surface area contributed by atoms with E-state index in [1.165, 1.54) is 31.2 Å². The van der Waals surface area contributed by atoms with Crippen LogP contribution in [0, 0.1) is 12.8 Å². The molecule has 2 nitrogen and oxygen atoms in total. The normalized spacial score (nSPS) is 17.9. The van der Waals surface area contributed by atoms with Crippen molar-refractivity contribution in [2.24, 2.45) is 5.92 Å². The second kappa shape index (κ2) is 6.58. The zero-order chi connectivity index (χ0) is 13.0. The molecular formula is C15H22BrNO. The van der Waals surface area contributed by atoms with Gasteiger partial charge in [0.2, 0.25) is 0 Å². The Labute approximate surface area is 118 Å². The summed E-state index contributed by atoms with van der Waals surface area (Å²) in [4.78, 5) is 0. The van der Waals surface area contributed by atoms with E-state index in [9.17, 15) is 5.11 Å². The van der Waals surface area contributed by atoms with Gasteiger partial charge in [0.1, 0.15) is 0 Å². The molecule has 0 saturated heterocycles. The highest BCUT2D eigenvalue weighted by Crippen LogP contribution is 2.28. The van der Waals surface area contributed by atoms with Crippen LogP contribution in [0.1, 0.15) is 37.7 Å². The molecule has 1 aromatic carbocycles. The summed E-state index contributed by atoms with van der Waals surface area (Å²) in [7, 11) is 0. The second-order valence-corrected chi connectivity index (χ2v) is 6.30. The average Bonchev–Trinajstić information content (AvgIpc) is 2.80. The molecule has 2 rings (SSSR count). The van der Waals surface area contributed by atoms with E-state index in [4.69, 9.17) is 0 Å². The molecule has 0 spiro atoms. The van der Waals surface area contributed by atoms with Crippen molar-refractivity contribution in [3.8, 4) is 0 Å². The Morgan fingerprint density at radius 2 is 2.11 bits per heavy atom. The summed E-state index contributed by atoms with van der Waals surface area (Å²) in [6.07, 6.45) is 6.01. The third kappa shape index (κ3) is 3.99. The first-order chi connectivity index (χ1) is 8.65. The lowest BCUT2D eigenvalue weighted by molar-refractivity contribution is 0.155. The monoisotopic (exact) mass is 311 g/mol. The Bertz CT molecular complexity index is 388. The van der Waals surface area contributed by atoms with E-state index in [1.54, 1.807) is 0 Å². The first-order valence-corrected chi connectivity index (χ1v) is 7.62. The van der Waals surface area contributed by atoms with Crippen molar-refractivity contribution in [2.45, 2.75) is 45.1 Å². The summed E-state index contributed by atoms with van der Waals surface area (Å²) in [5.74, 6) is 0.743. The molecule has 100 valence electrons. The van der Waals surface area contributed by atoms with Crippen molar-refractivity contribution in [3.63, 3.8) is 0 Å². The molecule has 0 heterocycles. The van der Waals surface area contributed by atoms with Gasteiger partial charge in [-0.2, -0.15) is 0 Å². The van der Waals surface area contributed by atoms with E-state index in [-0.39, 0.29) is 6.10 Å². The third-order valence-electron chi connectivity index (χ3n) is 3.80. The van der Waals surface area contributed by atoms with Crippen LogP contribution in [-0.4, -0.2) is 17.8 Å². The largest absolute Gasteiger partial charge is 0.391 e. The van der Waals surface area contributed by atoms with Gasteiger partial charge in [0.15, 0.2) is 0 Å². The maximum Gasteiger partial charge on any atom is 0.0715 e. The lowest BCUT2D eigenvalue weighted by Gasteiger charge is -2.17. The number of nitrogens with one attached hydrogen (secondary N) is 1. The van der Waals surface area contributed by atoms with Crippen LogP contribution in [0.2, 0.25) is 0 Å². The Hall–Kier alpha value is -0.540. The fourth-order valence-electron chi connectivity index (χ4n) is 2.77. The van der Waals surface area contributed by atoms with Gasteiger partial charge in [-0.25, -0.2) is 0 Å². The number of anilines is 1. The van der Waals surface area contributed by atoms with E-state index in [0.717, 1.165) is 22.5 Å². The molecule has 0 bridgehead atoms. The van der Waals surface area contributed by atoms with Crippen LogP contribution < -0.4 is 5.32 Å². The predicted octanol–water partition coefficient (Wildman–Crippen LogP) is 4.11. The van der Waals surface area contributed by atoms with Crippen LogP contribution in [-0.2, 0) is 0 Å². The van der Waals surface area contributed by atoms with Crippen LogP contribution in [0.3, 0.4) is 0 Å². The van der Waals surface area contributed by atoms with Gasteiger partial charge in [-0.15, -0.1) is 0 Å². The van der Waals surface area contributed by atoms with Crippen molar-refractivity contribution in [1.29, 1.82) is 0 Å². The zero-order valence-corrected chi connectivity index (χ0v) is 12.5. The predicted molar refractivity (Wildman–Crippen MR) is 80.0 cm³/mol. The molecule has 1 aliphatic carbocycles. The molecule has 2 N–H and O–H groups in total. The highest BCUT2D eigenvalue weighted by molar-refractivity contribution is 9.10. The van der Waals surface area contributed by atoms with Gasteiger partial charge in [-0.05, 0) is 43.0 Å². The topological polar surface area (TPSA) is 32.3 Å². The van der Waals surface area contributed by atoms with E-state index in [1.807, 2.05) is 6.07 Å². The quantitative estimate of drug-likeness (QED) is 0.857. The molecule has 1 atom stereocenters. The Morgan fingerprint density at radius 1 is 1.39 bits per heavy atom. The molecule has 0 aromatic heterocycles. The minimum atomic E-state index is -0.226. The fraction of sp³-hybridized carbons (Fsp3) is 0.600. The van der Waals surface area contributed by atoms with Crippen LogP contribution in [0.15, 0.2) is 22.7 Å². The van der Waals surface area contributed by atoms with Gasteiger partial charge in [-0.3, -0.25) is 0 Å². The van der Waals surface area contributed by atoms with Crippen LogP contribution >= 0.6 is 15.9 Å². The molecule has 0 aliphatic heterocycles. The first kappa shape index (κ1) is 13.9. The number of aryl methyl sites for hydroxylation is 1. The van der Waals surface area contributed by atoms with Gasteiger partial charge in [-0.1, -0.05) is 41.6 Å². The molecule has 3 heteroatoms. The summed E-state index contributed by atoms with van der Waals surface area (Å²) >= 11 is 3.46. The number of benzene rings is 1. The van der Waals surface area contributed by atoms with Gasteiger partial charge in [0.05, 0.1) is 6.10 Å². The molecule has 18 heavy (non-hydrogen) atoms. The first-order valence-electron chi connectivity index (χ1n) is 6.83. The maximum atomic E-state index is 10.0. The number of rotatable bonds is 5. The van der Waals surface area contributed by atoms with E-state index in [0.29, 0.717) is 6.54 Å². The van der Waals surface area contributed by atoms with Crippen molar-refractivity contribution < 1.29 is 5.11 Å². The van der Waals surface area contributed by atoms with E-state index in [2.05, 4.69) is 40.3 Å². The summed E-state index contributed by atoms with van der Waals surface area (Å²) in [6, 6.07) is 6.17. The van der Waals surface area contributed by atoms with Crippen LogP contribution in [0.5, 0.6) is 0 Å². The van der Waals surface area contributed by atoms with E-state index < -0.39 is 0 Å². The van der Waals surface area contributed by atoms with E-state index >= 15 is 0 Å². The molecule has 0 amide bonds. The van der Waals surface area contributed by atoms with Crippen molar-refractivity contribution in [2.75, 3.05) is 11.9 Å². The minimum absolute atomic E-state index is 0.226. The molecule has 1 saturated carbocycles. The molecule has 1 unspecified atom stereocenters. The Balaban J connectivity index is 1.79. The molecule has 0 radical (unpaired) electrons. The Kier molecular flexibility index (Phi) is 5.07. The molecular weight excluding hydrogens is 290 g/mol. The lowest BCUT2D eigenvalue weighted by atomic mass is 10.00. The molecule has 1 aromatic rings. The Morgan fingerprint density at radius 3 is 2.78 bits per heavy atom. The summed E-state index contributed by atoms with van der Waals surface area (Å²) in [6.45, 7) is 2.73. The number of hydrogen-bond donors (Lipinski definition) is 2. The average molecular weight is 312 g/mol.